The molecular formula is C67H116O6. The van der Waals surface area contributed by atoms with Crippen LogP contribution in [-0.4, -0.2) is 37.2 Å². The highest BCUT2D eigenvalue weighted by Gasteiger charge is 2.19. The standard InChI is InChI=1S/C67H116O6/c1-4-7-10-13-16-19-22-25-27-28-29-30-31-32-33-34-35-36-37-38-40-42-45-48-51-54-57-60-66(69)72-63-64(62-71-65(68)59-56-53-50-47-44-41-24-21-18-15-12-9-6-3)73-67(70)61-58-55-52-49-46-43-39-26-23-20-17-14-11-8-5-2/h9,12,17-18,20-21,26,28-29,39,41,44,50,53,64H,4-8,10-11,13-16,19,22-25,27,30-38,40,42-43,45-49,51-52,54-63H2,1-3H3/b12-9-,20-17-,21-18-,29-28-,39-26-,44-41-,53-50-. The minimum Gasteiger partial charge on any atom is -0.462 e. The molecule has 0 aliphatic heterocycles. The SMILES string of the molecule is CC/C=C\C/C=C\C/C=C\C/C=C\CCC(=O)OCC(COC(=O)CCCCCCCCCCCCCCCCC/C=C\CCCCCCCCCC)OC(=O)CCCCCCC/C=C\C/C=C\CCCCC. The van der Waals surface area contributed by atoms with E-state index in [1.54, 1.807) is 0 Å². The zero-order chi connectivity index (χ0) is 52.9. The Morgan fingerprint density at radius 1 is 0.288 bits per heavy atom. The number of carbonyl (C=O) groups excluding carboxylic acids is 3. The smallest absolute Gasteiger partial charge is 0.306 e. The van der Waals surface area contributed by atoms with Gasteiger partial charge in [-0.05, 0) is 103 Å². The van der Waals surface area contributed by atoms with E-state index in [4.69, 9.17) is 14.2 Å². The fraction of sp³-hybridized carbons (Fsp3) is 0.746. The Hall–Kier alpha value is -3.41. The van der Waals surface area contributed by atoms with Gasteiger partial charge in [-0.1, -0.05) is 266 Å². The molecule has 1 atom stereocenters. The summed E-state index contributed by atoms with van der Waals surface area (Å²) in [6.45, 7) is 6.44. The number of allylic oxidation sites excluding steroid dienone is 14. The second-order valence-corrected chi connectivity index (χ2v) is 20.6. The molecule has 0 amide bonds. The molecule has 0 saturated heterocycles. The van der Waals surface area contributed by atoms with Gasteiger partial charge in [-0.2, -0.15) is 0 Å². The molecule has 6 heteroatoms. The Morgan fingerprint density at radius 3 is 0.959 bits per heavy atom. The van der Waals surface area contributed by atoms with Crippen molar-refractivity contribution in [2.45, 2.75) is 309 Å². The van der Waals surface area contributed by atoms with Crippen molar-refractivity contribution in [1.82, 2.24) is 0 Å². The van der Waals surface area contributed by atoms with Gasteiger partial charge in [-0.3, -0.25) is 14.4 Å². The number of carbonyl (C=O) groups is 3. The highest BCUT2D eigenvalue weighted by molar-refractivity contribution is 5.71. The summed E-state index contributed by atoms with van der Waals surface area (Å²) in [7, 11) is 0. The Morgan fingerprint density at radius 2 is 0.562 bits per heavy atom. The van der Waals surface area contributed by atoms with Crippen LogP contribution in [0.5, 0.6) is 0 Å². The van der Waals surface area contributed by atoms with Crippen LogP contribution < -0.4 is 0 Å². The van der Waals surface area contributed by atoms with Gasteiger partial charge in [0.25, 0.3) is 0 Å². The van der Waals surface area contributed by atoms with Crippen molar-refractivity contribution < 1.29 is 28.6 Å². The molecule has 0 saturated carbocycles. The molecule has 0 spiro atoms. The molecule has 0 aromatic rings. The fourth-order valence-electron chi connectivity index (χ4n) is 8.72. The first-order chi connectivity index (χ1) is 36.0. The number of hydrogen-bond donors (Lipinski definition) is 0. The van der Waals surface area contributed by atoms with Gasteiger partial charge in [0.05, 0.1) is 0 Å². The van der Waals surface area contributed by atoms with E-state index < -0.39 is 6.10 Å². The molecule has 0 rings (SSSR count). The molecule has 0 aromatic heterocycles. The molecule has 0 N–H and O–H groups in total. The van der Waals surface area contributed by atoms with Crippen molar-refractivity contribution in [3.05, 3.63) is 85.1 Å². The van der Waals surface area contributed by atoms with Gasteiger partial charge in [-0.25, -0.2) is 0 Å². The summed E-state index contributed by atoms with van der Waals surface area (Å²) in [5.74, 6) is -0.994. The maximum atomic E-state index is 12.8. The third-order valence-electron chi connectivity index (χ3n) is 13.4. The van der Waals surface area contributed by atoms with E-state index in [2.05, 4.69) is 99.8 Å². The van der Waals surface area contributed by atoms with Gasteiger partial charge in [0.1, 0.15) is 13.2 Å². The van der Waals surface area contributed by atoms with Crippen molar-refractivity contribution in [3.8, 4) is 0 Å². The van der Waals surface area contributed by atoms with Crippen molar-refractivity contribution in [3.63, 3.8) is 0 Å². The van der Waals surface area contributed by atoms with Crippen molar-refractivity contribution in [2.24, 2.45) is 0 Å². The van der Waals surface area contributed by atoms with E-state index in [0.717, 1.165) is 89.9 Å². The average Bonchev–Trinajstić information content (AvgIpc) is 3.39. The lowest BCUT2D eigenvalue weighted by molar-refractivity contribution is -0.166. The van der Waals surface area contributed by atoms with Gasteiger partial charge in [0.2, 0.25) is 0 Å². The van der Waals surface area contributed by atoms with Crippen molar-refractivity contribution in [2.75, 3.05) is 13.2 Å². The minimum atomic E-state index is -0.813. The molecule has 73 heavy (non-hydrogen) atoms. The first-order valence-electron chi connectivity index (χ1n) is 31.1. The van der Waals surface area contributed by atoms with Crippen LogP contribution in [0.1, 0.15) is 303 Å². The lowest BCUT2D eigenvalue weighted by Gasteiger charge is -2.18. The van der Waals surface area contributed by atoms with Crippen LogP contribution in [0, 0.1) is 0 Å². The monoisotopic (exact) mass is 1020 g/mol. The highest BCUT2D eigenvalue weighted by Crippen LogP contribution is 2.16. The molecule has 0 fully saturated rings. The van der Waals surface area contributed by atoms with Crippen LogP contribution in [-0.2, 0) is 28.6 Å². The number of hydrogen-bond acceptors (Lipinski definition) is 6. The van der Waals surface area contributed by atoms with E-state index in [-0.39, 0.29) is 37.5 Å². The first kappa shape index (κ1) is 69.6. The second kappa shape index (κ2) is 61.1. The maximum absolute atomic E-state index is 12.8. The highest BCUT2D eigenvalue weighted by atomic mass is 16.6. The van der Waals surface area contributed by atoms with Crippen molar-refractivity contribution in [1.29, 1.82) is 0 Å². The lowest BCUT2D eigenvalue weighted by Crippen LogP contribution is -2.30. The summed E-state index contributed by atoms with van der Waals surface area (Å²) in [5, 5.41) is 0. The number of rotatable bonds is 56. The van der Waals surface area contributed by atoms with Crippen LogP contribution in [0.15, 0.2) is 85.1 Å². The van der Waals surface area contributed by atoms with Crippen LogP contribution in [0.2, 0.25) is 0 Å². The van der Waals surface area contributed by atoms with Crippen LogP contribution in [0.4, 0.5) is 0 Å². The Balaban J connectivity index is 4.28. The maximum Gasteiger partial charge on any atom is 0.306 e. The molecule has 420 valence electrons. The largest absolute Gasteiger partial charge is 0.462 e. The van der Waals surface area contributed by atoms with Crippen LogP contribution in [0.3, 0.4) is 0 Å². The molecule has 0 aliphatic rings. The van der Waals surface area contributed by atoms with Crippen LogP contribution >= 0.6 is 0 Å². The van der Waals surface area contributed by atoms with E-state index in [1.807, 2.05) is 6.08 Å². The number of ether oxygens (including phenoxy) is 3. The molecule has 0 heterocycles. The zero-order valence-corrected chi connectivity index (χ0v) is 48.1. The third-order valence-corrected chi connectivity index (χ3v) is 13.4. The van der Waals surface area contributed by atoms with Gasteiger partial charge >= 0.3 is 17.9 Å². The fourth-order valence-corrected chi connectivity index (χ4v) is 8.72. The van der Waals surface area contributed by atoms with Crippen LogP contribution in [0.25, 0.3) is 0 Å². The van der Waals surface area contributed by atoms with Gasteiger partial charge in [-0.15, -0.1) is 0 Å². The third kappa shape index (κ3) is 59.3. The molecule has 0 aromatic carbocycles. The molecule has 0 radical (unpaired) electrons. The second-order valence-electron chi connectivity index (χ2n) is 20.6. The van der Waals surface area contributed by atoms with Gasteiger partial charge < -0.3 is 14.2 Å². The van der Waals surface area contributed by atoms with Gasteiger partial charge in [0.15, 0.2) is 6.10 Å². The molecule has 1 unspecified atom stereocenters. The topological polar surface area (TPSA) is 78.9 Å². The summed E-state index contributed by atoms with van der Waals surface area (Å²) >= 11 is 0. The summed E-state index contributed by atoms with van der Waals surface area (Å²) in [6, 6.07) is 0. The quantitative estimate of drug-likeness (QED) is 0.0261. The Labute approximate surface area is 452 Å². The summed E-state index contributed by atoms with van der Waals surface area (Å²) in [6.07, 6.45) is 80.4. The summed E-state index contributed by atoms with van der Waals surface area (Å²) in [4.78, 5) is 38.1. The van der Waals surface area contributed by atoms with E-state index >= 15 is 0 Å². The number of unbranched alkanes of at least 4 members (excludes halogenated alkanes) is 31. The summed E-state index contributed by atoms with van der Waals surface area (Å²) in [5.41, 5.74) is 0. The lowest BCUT2D eigenvalue weighted by atomic mass is 10.0. The van der Waals surface area contributed by atoms with Crippen molar-refractivity contribution >= 4 is 17.9 Å². The van der Waals surface area contributed by atoms with E-state index in [1.165, 1.54) is 167 Å². The van der Waals surface area contributed by atoms with E-state index in [0.29, 0.717) is 19.3 Å². The summed E-state index contributed by atoms with van der Waals surface area (Å²) < 4.78 is 16.8. The molecular weight excluding hydrogens is 901 g/mol. The van der Waals surface area contributed by atoms with E-state index in [9.17, 15) is 14.4 Å². The molecule has 0 bridgehead atoms. The zero-order valence-electron chi connectivity index (χ0n) is 48.1. The Kier molecular flexibility index (Phi) is 58.3. The number of esters is 3. The molecule has 6 nitrogen and oxygen atoms in total. The predicted molar refractivity (Wildman–Crippen MR) is 316 cm³/mol. The normalized spacial score (nSPS) is 12.6. The average molecular weight is 1020 g/mol. The minimum absolute atomic E-state index is 0.103. The first-order valence-corrected chi connectivity index (χ1v) is 31.1. The Bertz CT molecular complexity index is 1400. The predicted octanol–water partition coefficient (Wildman–Crippen LogP) is 21.1. The molecule has 0 aliphatic carbocycles. The van der Waals surface area contributed by atoms with Gasteiger partial charge in [0, 0.05) is 19.3 Å².